The van der Waals surface area contributed by atoms with Gasteiger partial charge in [0.05, 0.1) is 0 Å². The van der Waals surface area contributed by atoms with Crippen molar-refractivity contribution in [3.05, 3.63) is 59.9 Å². The molecule has 0 unspecified atom stereocenters. The highest BCUT2D eigenvalue weighted by Gasteiger charge is 2.33. The second-order valence-corrected chi connectivity index (χ2v) is 11.5. The highest BCUT2D eigenvalue weighted by molar-refractivity contribution is 7.87. The lowest BCUT2D eigenvalue weighted by Crippen LogP contribution is -2.34. The fourth-order valence-electron chi connectivity index (χ4n) is 3.96. The van der Waals surface area contributed by atoms with Crippen molar-refractivity contribution in [1.82, 2.24) is 4.90 Å². The van der Waals surface area contributed by atoms with E-state index < -0.39 is 15.9 Å². The minimum Gasteiger partial charge on any atom is -0.379 e. The van der Waals surface area contributed by atoms with E-state index in [2.05, 4.69) is 27.7 Å². The molecule has 0 bridgehead atoms. The molecule has 2 aromatic carbocycles. The van der Waals surface area contributed by atoms with Crippen LogP contribution in [0.3, 0.4) is 0 Å². The Kier molecular flexibility index (Phi) is 7.28. The van der Waals surface area contributed by atoms with Gasteiger partial charge in [-0.15, -0.1) is 0 Å². The third-order valence-corrected chi connectivity index (χ3v) is 6.64. The van der Waals surface area contributed by atoms with Crippen molar-refractivity contribution in [1.29, 1.82) is 0 Å². The average Bonchev–Trinajstić information content (AvgIpc) is 3.51. The summed E-state index contributed by atoms with van der Waals surface area (Å²) < 4.78 is 42.9. The van der Waals surface area contributed by atoms with Gasteiger partial charge in [0.2, 0.25) is 5.91 Å². The van der Waals surface area contributed by atoms with Gasteiger partial charge in [-0.25, -0.2) is 4.39 Å². The summed E-state index contributed by atoms with van der Waals surface area (Å²) in [7, 11) is -4.04. The number of carbonyl (C=O) groups excluding carboxylic acids is 1. The van der Waals surface area contributed by atoms with Crippen molar-refractivity contribution < 1.29 is 21.8 Å². The van der Waals surface area contributed by atoms with Gasteiger partial charge in [0.15, 0.2) is 0 Å². The number of benzene rings is 2. The number of halogens is 1. The Bertz CT molecular complexity index is 1020. The minimum atomic E-state index is -4.04. The Morgan fingerprint density at radius 1 is 1.09 bits per heavy atom. The van der Waals surface area contributed by atoms with E-state index in [9.17, 15) is 17.6 Å². The zero-order valence-corrected chi connectivity index (χ0v) is 20.0. The molecule has 174 valence electrons. The maximum atomic E-state index is 13.0. The molecule has 1 aliphatic rings. The van der Waals surface area contributed by atoms with Gasteiger partial charge in [0, 0.05) is 19.0 Å². The van der Waals surface area contributed by atoms with E-state index in [4.69, 9.17) is 4.18 Å². The first-order valence-corrected chi connectivity index (χ1v) is 12.4. The lowest BCUT2D eigenvalue weighted by atomic mass is 9.84. The average molecular weight is 462 g/mol. The largest absolute Gasteiger partial charge is 0.379 e. The fraction of sp³-hybridized carbons (Fsp3) is 0.480. The van der Waals surface area contributed by atoms with Crippen LogP contribution >= 0.6 is 0 Å². The highest BCUT2D eigenvalue weighted by atomic mass is 32.2. The SMILES string of the molecule is C[C@@H](CC(=O)N(Cc1ccc(OS(=O)(=O)c2ccc(F)cc2)cc1)C1CC1)CC(C)(C)C. The standard InChI is InChI=1S/C25H32FNO4S/c1-18(16-25(2,3)4)15-24(28)27(21-9-10-21)17-19-5-11-22(12-6-19)31-32(29,30)23-13-7-20(26)8-14-23/h5-8,11-14,18,21H,9-10,15-17H2,1-4H3/t18-/m0/s1. The fourth-order valence-corrected chi connectivity index (χ4v) is 4.89. The number of rotatable bonds is 9. The maximum absolute atomic E-state index is 13.0. The lowest BCUT2D eigenvalue weighted by Gasteiger charge is -2.27. The van der Waals surface area contributed by atoms with Crippen LogP contribution in [0, 0.1) is 17.2 Å². The summed E-state index contributed by atoms with van der Waals surface area (Å²) in [5.74, 6) is 0.136. The third-order valence-electron chi connectivity index (χ3n) is 5.38. The first-order chi connectivity index (χ1) is 14.9. The van der Waals surface area contributed by atoms with Gasteiger partial charge >= 0.3 is 10.1 Å². The molecule has 0 spiro atoms. The van der Waals surface area contributed by atoms with E-state index >= 15 is 0 Å². The molecular weight excluding hydrogens is 429 g/mol. The highest BCUT2D eigenvalue weighted by Crippen LogP contribution is 2.32. The van der Waals surface area contributed by atoms with Gasteiger partial charge in [-0.05, 0) is 72.6 Å². The quantitative estimate of drug-likeness (QED) is 0.460. The van der Waals surface area contributed by atoms with Crippen LogP contribution in [0.5, 0.6) is 5.75 Å². The Morgan fingerprint density at radius 2 is 1.69 bits per heavy atom. The molecule has 32 heavy (non-hydrogen) atoms. The van der Waals surface area contributed by atoms with Crippen molar-refractivity contribution in [3.8, 4) is 5.75 Å². The van der Waals surface area contributed by atoms with Gasteiger partial charge in [-0.1, -0.05) is 39.8 Å². The predicted molar refractivity (Wildman–Crippen MR) is 122 cm³/mol. The zero-order valence-electron chi connectivity index (χ0n) is 19.2. The van der Waals surface area contributed by atoms with Crippen LogP contribution in [0.1, 0.15) is 58.9 Å². The summed E-state index contributed by atoms with van der Waals surface area (Å²) in [6.45, 7) is 9.18. The van der Waals surface area contributed by atoms with Crippen LogP contribution in [-0.4, -0.2) is 25.3 Å². The zero-order chi connectivity index (χ0) is 23.5. The molecule has 7 heteroatoms. The molecule has 0 aliphatic heterocycles. The molecule has 0 saturated heterocycles. The summed E-state index contributed by atoms with van der Waals surface area (Å²) in [6, 6.07) is 11.5. The molecule has 5 nitrogen and oxygen atoms in total. The second kappa shape index (κ2) is 9.61. The molecule has 0 radical (unpaired) electrons. The van der Waals surface area contributed by atoms with E-state index in [-0.39, 0.29) is 22.0 Å². The molecule has 1 atom stereocenters. The summed E-state index contributed by atoms with van der Waals surface area (Å²) in [6.07, 6.45) is 3.57. The normalized spacial score (nSPS) is 15.3. The van der Waals surface area contributed by atoms with E-state index in [0.29, 0.717) is 24.9 Å². The molecule has 1 amide bonds. The summed E-state index contributed by atoms with van der Waals surface area (Å²) >= 11 is 0. The van der Waals surface area contributed by atoms with Crippen molar-refractivity contribution >= 4 is 16.0 Å². The van der Waals surface area contributed by atoms with Gasteiger partial charge < -0.3 is 9.08 Å². The van der Waals surface area contributed by atoms with E-state index in [1.807, 2.05) is 4.90 Å². The molecule has 2 aromatic rings. The van der Waals surface area contributed by atoms with Crippen LogP contribution in [-0.2, 0) is 21.5 Å². The molecular formula is C25H32FNO4S. The minimum absolute atomic E-state index is 0.113. The summed E-state index contributed by atoms with van der Waals surface area (Å²) in [5.41, 5.74) is 1.11. The molecule has 0 heterocycles. The molecule has 3 rings (SSSR count). The van der Waals surface area contributed by atoms with Crippen LogP contribution in [0.2, 0.25) is 0 Å². The van der Waals surface area contributed by atoms with Crippen LogP contribution in [0.4, 0.5) is 4.39 Å². The molecule has 1 saturated carbocycles. The van der Waals surface area contributed by atoms with Crippen molar-refractivity contribution in [2.75, 3.05) is 0 Å². The molecule has 0 aromatic heterocycles. The number of hydrogen-bond donors (Lipinski definition) is 0. The summed E-state index contributed by atoms with van der Waals surface area (Å²) in [5, 5.41) is 0. The third kappa shape index (κ3) is 7.05. The molecule has 1 aliphatic carbocycles. The van der Waals surface area contributed by atoms with Crippen molar-refractivity contribution in [2.45, 2.75) is 70.9 Å². The molecule has 0 N–H and O–H groups in total. The predicted octanol–water partition coefficient (Wildman–Crippen LogP) is 5.55. The second-order valence-electron chi connectivity index (χ2n) is 9.96. The van der Waals surface area contributed by atoms with E-state index in [1.54, 1.807) is 24.3 Å². The Labute approximate surface area is 190 Å². The number of carbonyl (C=O) groups is 1. The van der Waals surface area contributed by atoms with E-state index in [0.717, 1.165) is 37.0 Å². The topological polar surface area (TPSA) is 63.7 Å². The first kappa shape index (κ1) is 24.2. The van der Waals surface area contributed by atoms with Crippen LogP contribution in [0.15, 0.2) is 53.4 Å². The van der Waals surface area contributed by atoms with Crippen LogP contribution in [0.25, 0.3) is 0 Å². The number of nitrogens with zero attached hydrogens (tertiary/aromatic N) is 1. The smallest absolute Gasteiger partial charge is 0.339 e. The number of amides is 1. The lowest BCUT2D eigenvalue weighted by molar-refractivity contribution is -0.133. The van der Waals surface area contributed by atoms with Gasteiger partial charge in [0.25, 0.3) is 0 Å². The number of hydrogen-bond acceptors (Lipinski definition) is 4. The first-order valence-electron chi connectivity index (χ1n) is 11.0. The van der Waals surface area contributed by atoms with Crippen LogP contribution < -0.4 is 4.18 Å². The Balaban J connectivity index is 1.63. The van der Waals surface area contributed by atoms with Gasteiger partial charge in [-0.2, -0.15) is 8.42 Å². The maximum Gasteiger partial charge on any atom is 0.339 e. The van der Waals surface area contributed by atoms with Gasteiger partial charge in [-0.3, -0.25) is 4.79 Å². The Morgan fingerprint density at radius 3 is 2.22 bits per heavy atom. The summed E-state index contributed by atoms with van der Waals surface area (Å²) in [4.78, 5) is 14.8. The van der Waals surface area contributed by atoms with Crippen molar-refractivity contribution in [2.24, 2.45) is 11.3 Å². The Hall–Kier alpha value is -2.41. The molecule has 1 fully saturated rings. The monoisotopic (exact) mass is 461 g/mol. The van der Waals surface area contributed by atoms with Crippen molar-refractivity contribution in [3.63, 3.8) is 0 Å². The van der Waals surface area contributed by atoms with Gasteiger partial charge in [0.1, 0.15) is 16.5 Å². The van der Waals surface area contributed by atoms with E-state index in [1.165, 1.54) is 12.1 Å².